The van der Waals surface area contributed by atoms with Crippen LogP contribution in [-0.2, 0) is 9.53 Å². The van der Waals surface area contributed by atoms with Crippen LogP contribution in [0.25, 0.3) is 10.9 Å². The van der Waals surface area contributed by atoms with Gasteiger partial charge in [-0.2, -0.15) is 11.8 Å². The van der Waals surface area contributed by atoms with E-state index in [9.17, 15) is 14.4 Å². The summed E-state index contributed by atoms with van der Waals surface area (Å²) in [7, 11) is 0. The van der Waals surface area contributed by atoms with E-state index >= 15 is 0 Å². The number of carbonyl (C=O) groups is 1. The molecule has 4 rings (SSSR count). The second-order valence-electron chi connectivity index (χ2n) is 7.50. The largest absolute Gasteiger partial charge is 0.370 e. The average molecular weight is 440 g/mol. The van der Waals surface area contributed by atoms with Crippen molar-refractivity contribution in [3.05, 3.63) is 81.0 Å². The second kappa shape index (κ2) is 9.53. The average Bonchev–Trinajstić information content (AvgIpc) is 2.81. The molecule has 0 spiro atoms. The maximum atomic E-state index is 13.6. The summed E-state index contributed by atoms with van der Waals surface area (Å²) in [6.45, 7) is 1.22. The summed E-state index contributed by atoms with van der Waals surface area (Å²) in [5.41, 5.74) is 0.476. The summed E-state index contributed by atoms with van der Waals surface area (Å²) in [6.07, 6.45) is 2.11. The van der Waals surface area contributed by atoms with E-state index in [0.717, 1.165) is 10.1 Å². The first-order valence-corrected chi connectivity index (χ1v) is 11.7. The zero-order valence-corrected chi connectivity index (χ0v) is 18.1. The van der Waals surface area contributed by atoms with Crippen molar-refractivity contribution in [2.45, 2.75) is 18.6 Å². The molecule has 8 heteroatoms. The van der Waals surface area contributed by atoms with Gasteiger partial charge in [0.05, 0.1) is 24.1 Å². The highest BCUT2D eigenvalue weighted by atomic mass is 32.2. The highest BCUT2D eigenvalue weighted by molar-refractivity contribution is 7.98. The number of nitrogens with one attached hydrogen (secondary N) is 1. The number of nitrogens with zero attached hydrogens (tertiary/aromatic N) is 2. The Balaban J connectivity index is 1.68. The van der Waals surface area contributed by atoms with Gasteiger partial charge in [-0.05, 0) is 36.1 Å². The number of amides is 1. The lowest BCUT2D eigenvalue weighted by Crippen LogP contribution is -2.49. The topological polar surface area (TPSA) is 84.4 Å². The zero-order valence-electron chi connectivity index (χ0n) is 17.3. The molecule has 0 radical (unpaired) electrons. The first kappa shape index (κ1) is 21.4. The van der Waals surface area contributed by atoms with E-state index in [0.29, 0.717) is 42.8 Å². The molecule has 0 aliphatic carbocycles. The van der Waals surface area contributed by atoms with Crippen LogP contribution in [0.15, 0.2) is 64.2 Å². The van der Waals surface area contributed by atoms with E-state index in [1.165, 1.54) is 0 Å². The van der Waals surface area contributed by atoms with Gasteiger partial charge in [0.2, 0.25) is 5.91 Å². The van der Waals surface area contributed by atoms with Gasteiger partial charge in [-0.15, -0.1) is 0 Å². The molecule has 1 amide bonds. The Hall–Kier alpha value is -2.84. The summed E-state index contributed by atoms with van der Waals surface area (Å²) >= 11 is 1.58. The maximum Gasteiger partial charge on any atom is 0.329 e. The first-order chi connectivity index (χ1) is 15.1. The van der Waals surface area contributed by atoms with Crippen molar-refractivity contribution < 1.29 is 9.53 Å². The minimum absolute atomic E-state index is 0.221. The van der Waals surface area contributed by atoms with E-state index in [1.54, 1.807) is 40.9 Å². The summed E-state index contributed by atoms with van der Waals surface area (Å²) in [5, 5.41) is 0.396. The van der Waals surface area contributed by atoms with Crippen LogP contribution in [0.1, 0.15) is 24.1 Å². The van der Waals surface area contributed by atoms with Crippen molar-refractivity contribution in [2.24, 2.45) is 0 Å². The molecule has 162 valence electrons. The van der Waals surface area contributed by atoms with E-state index < -0.39 is 17.3 Å². The number of benzene rings is 2. The number of H-pyrrole nitrogens is 1. The van der Waals surface area contributed by atoms with Gasteiger partial charge in [0.1, 0.15) is 12.1 Å². The smallest absolute Gasteiger partial charge is 0.329 e. The van der Waals surface area contributed by atoms with Crippen molar-refractivity contribution in [3.8, 4) is 0 Å². The van der Waals surface area contributed by atoms with Crippen LogP contribution in [0, 0.1) is 0 Å². The fourth-order valence-electron chi connectivity index (χ4n) is 3.98. The molecule has 0 unspecified atom stereocenters. The molecule has 2 heterocycles. The van der Waals surface area contributed by atoms with Gasteiger partial charge in [-0.3, -0.25) is 9.59 Å². The number of hydrogen-bond donors (Lipinski definition) is 1. The predicted molar refractivity (Wildman–Crippen MR) is 123 cm³/mol. The number of ether oxygens (including phenoxy) is 1. The highest BCUT2D eigenvalue weighted by Crippen LogP contribution is 2.25. The van der Waals surface area contributed by atoms with Crippen LogP contribution >= 0.6 is 11.8 Å². The minimum atomic E-state index is -0.858. The van der Waals surface area contributed by atoms with Gasteiger partial charge in [-0.25, -0.2) is 9.36 Å². The summed E-state index contributed by atoms with van der Waals surface area (Å²) < 4.78 is 6.97. The van der Waals surface area contributed by atoms with Gasteiger partial charge in [0, 0.05) is 6.54 Å². The van der Waals surface area contributed by atoms with E-state index in [2.05, 4.69) is 4.98 Å². The fraction of sp³-hybridized carbons (Fsp3) is 0.348. The Morgan fingerprint density at radius 1 is 1.16 bits per heavy atom. The minimum Gasteiger partial charge on any atom is -0.370 e. The number of thioether (sulfide) groups is 1. The Morgan fingerprint density at radius 3 is 2.68 bits per heavy atom. The van der Waals surface area contributed by atoms with E-state index in [4.69, 9.17) is 4.74 Å². The molecule has 31 heavy (non-hydrogen) atoms. The standard InChI is InChI=1S/C23H25N3O4S/c1-31-14-11-19(26-21(27)17-9-5-6-10-18(17)24-23(26)29)22(28)25-12-13-30-20(15-25)16-7-3-2-4-8-16/h2-10,19-20H,11-15H2,1H3,(H,24,29)/t19-,20-/m0/s1. The molecular weight excluding hydrogens is 414 g/mol. The maximum absolute atomic E-state index is 13.6. The van der Waals surface area contributed by atoms with Crippen LogP contribution < -0.4 is 11.2 Å². The Kier molecular flexibility index (Phi) is 6.58. The molecule has 0 saturated carbocycles. The Morgan fingerprint density at radius 2 is 1.90 bits per heavy atom. The molecule has 2 aromatic carbocycles. The SMILES string of the molecule is CSCC[C@@H](C(=O)N1CCO[C@H](c2ccccc2)C1)n1c(=O)[nH]c2ccccc2c1=O. The lowest BCUT2D eigenvalue weighted by atomic mass is 10.1. The second-order valence-corrected chi connectivity index (χ2v) is 8.49. The number of hydrogen-bond acceptors (Lipinski definition) is 5. The number of morpholine rings is 1. The van der Waals surface area contributed by atoms with Gasteiger partial charge in [0.25, 0.3) is 5.56 Å². The summed E-state index contributed by atoms with van der Waals surface area (Å²) in [5.74, 6) is 0.433. The summed E-state index contributed by atoms with van der Waals surface area (Å²) in [6, 6.07) is 15.8. The molecule has 7 nitrogen and oxygen atoms in total. The van der Waals surface area contributed by atoms with Crippen LogP contribution in [0.2, 0.25) is 0 Å². The highest BCUT2D eigenvalue weighted by Gasteiger charge is 2.32. The van der Waals surface area contributed by atoms with Crippen molar-refractivity contribution in [1.29, 1.82) is 0 Å². The Bertz CT molecular complexity index is 1170. The van der Waals surface area contributed by atoms with Crippen LogP contribution in [0.3, 0.4) is 0 Å². The third kappa shape index (κ3) is 4.45. The van der Waals surface area contributed by atoms with Crippen molar-refractivity contribution >= 4 is 28.6 Å². The molecule has 3 aromatic rings. The van der Waals surface area contributed by atoms with Crippen LogP contribution in [-0.4, -0.2) is 52.1 Å². The lowest BCUT2D eigenvalue weighted by molar-refractivity contribution is -0.142. The molecule has 1 aliphatic rings. The molecule has 1 aliphatic heterocycles. The zero-order chi connectivity index (χ0) is 21.8. The van der Waals surface area contributed by atoms with Gasteiger partial charge in [0.15, 0.2) is 0 Å². The van der Waals surface area contributed by atoms with Crippen molar-refractivity contribution in [2.75, 3.05) is 31.7 Å². The predicted octanol–water partition coefficient (Wildman–Crippen LogP) is 2.58. The quantitative estimate of drug-likeness (QED) is 0.638. The lowest BCUT2D eigenvalue weighted by Gasteiger charge is -2.35. The van der Waals surface area contributed by atoms with E-state index in [-0.39, 0.29) is 12.0 Å². The van der Waals surface area contributed by atoms with Gasteiger partial charge in [-0.1, -0.05) is 42.5 Å². The third-order valence-corrected chi connectivity index (χ3v) is 6.22. The van der Waals surface area contributed by atoms with Crippen molar-refractivity contribution in [3.63, 3.8) is 0 Å². The molecule has 1 aromatic heterocycles. The third-order valence-electron chi connectivity index (χ3n) is 5.58. The number of aromatic amines is 1. The molecule has 1 N–H and O–H groups in total. The number of rotatable bonds is 6. The molecule has 0 bridgehead atoms. The molecule has 1 saturated heterocycles. The first-order valence-electron chi connectivity index (χ1n) is 10.3. The number of carbonyl (C=O) groups excluding carboxylic acids is 1. The van der Waals surface area contributed by atoms with Gasteiger partial charge >= 0.3 is 5.69 Å². The fourth-order valence-corrected chi connectivity index (χ4v) is 4.44. The Labute approximate surface area is 184 Å². The molecular formula is C23H25N3O4S. The van der Waals surface area contributed by atoms with Crippen LogP contribution in [0.4, 0.5) is 0 Å². The molecule has 1 fully saturated rings. The summed E-state index contributed by atoms with van der Waals surface area (Å²) in [4.78, 5) is 44.0. The monoisotopic (exact) mass is 439 g/mol. The number of aromatic nitrogens is 2. The van der Waals surface area contributed by atoms with Crippen LogP contribution in [0.5, 0.6) is 0 Å². The number of fused-ring (bicyclic) bond motifs is 1. The molecule has 2 atom stereocenters. The normalized spacial score (nSPS) is 17.6. The van der Waals surface area contributed by atoms with Crippen molar-refractivity contribution in [1.82, 2.24) is 14.5 Å². The van der Waals surface area contributed by atoms with E-state index in [1.807, 2.05) is 36.6 Å². The van der Waals surface area contributed by atoms with Gasteiger partial charge < -0.3 is 14.6 Å². The number of para-hydroxylation sites is 1.